The Morgan fingerprint density at radius 1 is 0.611 bits per heavy atom. The average Bonchev–Trinajstić information content (AvgIpc) is 3.35. The lowest BCUT2D eigenvalue weighted by atomic mass is 9.85. The average molecular weight is 493 g/mol. The van der Waals surface area contributed by atoms with E-state index < -0.39 is 0 Å². The fourth-order valence-electron chi connectivity index (χ4n) is 4.74. The van der Waals surface area contributed by atoms with E-state index in [0.717, 1.165) is 61.2 Å². The van der Waals surface area contributed by atoms with Crippen LogP contribution in [-0.2, 0) is 24.0 Å². The fourth-order valence-corrected chi connectivity index (χ4v) is 4.74. The van der Waals surface area contributed by atoms with Gasteiger partial charge in [-0.15, -0.1) is 0 Å². The molecule has 0 spiro atoms. The van der Waals surface area contributed by atoms with Gasteiger partial charge in [-0.25, -0.2) is 0 Å². The summed E-state index contributed by atoms with van der Waals surface area (Å²) in [7, 11) is 6.69. The molecule has 1 fully saturated rings. The second-order valence-electron chi connectivity index (χ2n) is 9.09. The standard InChI is InChI=1S/C30H36O6/c1-31-26-9-5-21(6-10-26)13-14-36-28-12-8-23(18-30(28)34-4)16-25-20-35-19-24(25)15-22-7-11-27(32-2)29(17-22)33-3/h5-12,17-18,24-25H,13-16,19-20H2,1-4H3/t24-,25-/m0/s1. The van der Waals surface area contributed by atoms with Gasteiger partial charge in [0.1, 0.15) is 5.75 Å². The number of rotatable bonds is 12. The second kappa shape index (κ2) is 12.5. The molecule has 3 aromatic carbocycles. The summed E-state index contributed by atoms with van der Waals surface area (Å²) in [5, 5.41) is 0. The van der Waals surface area contributed by atoms with E-state index in [1.54, 1.807) is 28.4 Å². The molecule has 0 radical (unpaired) electrons. The van der Waals surface area contributed by atoms with Crippen molar-refractivity contribution in [2.45, 2.75) is 19.3 Å². The molecule has 1 aliphatic rings. The lowest BCUT2D eigenvalue weighted by molar-refractivity contribution is 0.180. The van der Waals surface area contributed by atoms with Crippen molar-refractivity contribution in [1.82, 2.24) is 0 Å². The molecule has 3 aromatic rings. The molecule has 1 saturated heterocycles. The van der Waals surface area contributed by atoms with E-state index in [0.29, 0.717) is 18.4 Å². The maximum Gasteiger partial charge on any atom is 0.161 e. The Kier molecular flexibility index (Phi) is 8.95. The van der Waals surface area contributed by atoms with E-state index in [4.69, 9.17) is 28.4 Å². The highest BCUT2D eigenvalue weighted by Crippen LogP contribution is 2.34. The zero-order chi connectivity index (χ0) is 25.3. The predicted molar refractivity (Wildman–Crippen MR) is 140 cm³/mol. The van der Waals surface area contributed by atoms with E-state index in [1.807, 2.05) is 24.3 Å². The van der Waals surface area contributed by atoms with Crippen molar-refractivity contribution >= 4 is 0 Å². The first-order chi connectivity index (χ1) is 17.6. The van der Waals surface area contributed by atoms with Crippen LogP contribution in [0.4, 0.5) is 0 Å². The summed E-state index contributed by atoms with van der Waals surface area (Å²) in [6, 6.07) is 20.4. The first-order valence-corrected chi connectivity index (χ1v) is 12.3. The van der Waals surface area contributed by atoms with Crippen molar-refractivity contribution in [2.24, 2.45) is 11.8 Å². The first kappa shape index (κ1) is 25.7. The third kappa shape index (κ3) is 6.43. The maximum absolute atomic E-state index is 6.05. The van der Waals surface area contributed by atoms with Crippen LogP contribution in [0.25, 0.3) is 0 Å². The molecule has 2 atom stereocenters. The van der Waals surface area contributed by atoms with E-state index >= 15 is 0 Å². The normalized spacial score (nSPS) is 17.0. The Balaban J connectivity index is 1.35. The molecule has 1 heterocycles. The van der Waals surface area contributed by atoms with Crippen LogP contribution < -0.4 is 23.7 Å². The molecule has 0 unspecified atom stereocenters. The van der Waals surface area contributed by atoms with Crippen LogP contribution in [0.2, 0.25) is 0 Å². The molecule has 0 bridgehead atoms. The van der Waals surface area contributed by atoms with Crippen LogP contribution in [0.1, 0.15) is 16.7 Å². The largest absolute Gasteiger partial charge is 0.497 e. The summed E-state index contributed by atoms with van der Waals surface area (Å²) in [6.45, 7) is 2.11. The quantitative estimate of drug-likeness (QED) is 0.338. The molecule has 36 heavy (non-hydrogen) atoms. The van der Waals surface area contributed by atoms with Crippen molar-refractivity contribution in [1.29, 1.82) is 0 Å². The topological polar surface area (TPSA) is 55.4 Å². The van der Waals surface area contributed by atoms with Crippen molar-refractivity contribution in [2.75, 3.05) is 48.3 Å². The molecule has 192 valence electrons. The van der Waals surface area contributed by atoms with Crippen molar-refractivity contribution in [3.05, 3.63) is 77.4 Å². The summed E-state index contributed by atoms with van der Waals surface area (Å²) in [5.41, 5.74) is 3.65. The number of hydrogen-bond donors (Lipinski definition) is 0. The van der Waals surface area contributed by atoms with Gasteiger partial charge in [-0.2, -0.15) is 0 Å². The minimum atomic E-state index is 0.435. The van der Waals surface area contributed by atoms with E-state index in [1.165, 1.54) is 16.7 Å². The monoisotopic (exact) mass is 492 g/mol. The van der Waals surface area contributed by atoms with Gasteiger partial charge in [0.05, 0.1) is 48.3 Å². The fraction of sp³-hybridized carbons (Fsp3) is 0.400. The Bertz CT molecular complexity index is 1110. The Labute approximate surface area is 214 Å². The molecule has 0 saturated carbocycles. The van der Waals surface area contributed by atoms with E-state index in [2.05, 4.69) is 36.4 Å². The SMILES string of the molecule is COc1ccc(CCOc2ccc(C[C@H]3COC[C@@H]3Cc3ccc(OC)c(OC)c3)cc2OC)cc1. The van der Waals surface area contributed by atoms with Crippen LogP contribution in [0, 0.1) is 11.8 Å². The zero-order valence-corrected chi connectivity index (χ0v) is 21.6. The smallest absolute Gasteiger partial charge is 0.161 e. The molecular weight excluding hydrogens is 456 g/mol. The second-order valence-corrected chi connectivity index (χ2v) is 9.09. The molecular formula is C30H36O6. The third-order valence-electron chi connectivity index (χ3n) is 6.81. The van der Waals surface area contributed by atoms with Crippen molar-refractivity contribution < 1.29 is 28.4 Å². The maximum atomic E-state index is 6.05. The van der Waals surface area contributed by atoms with Gasteiger partial charge in [0.25, 0.3) is 0 Å². The van der Waals surface area contributed by atoms with E-state index in [-0.39, 0.29) is 0 Å². The van der Waals surface area contributed by atoms with Crippen LogP contribution >= 0.6 is 0 Å². The number of ether oxygens (including phenoxy) is 6. The number of benzene rings is 3. The summed E-state index contributed by atoms with van der Waals surface area (Å²) < 4.78 is 33.7. The molecule has 6 heteroatoms. The van der Waals surface area contributed by atoms with E-state index in [9.17, 15) is 0 Å². The van der Waals surface area contributed by atoms with Crippen molar-refractivity contribution in [3.63, 3.8) is 0 Å². The highest BCUT2D eigenvalue weighted by Gasteiger charge is 2.29. The zero-order valence-electron chi connectivity index (χ0n) is 21.6. The van der Waals surface area contributed by atoms with Gasteiger partial charge in [0.2, 0.25) is 0 Å². The third-order valence-corrected chi connectivity index (χ3v) is 6.81. The van der Waals surface area contributed by atoms with Crippen LogP contribution in [0.3, 0.4) is 0 Å². The molecule has 0 amide bonds. The molecule has 4 rings (SSSR count). The highest BCUT2D eigenvalue weighted by atomic mass is 16.5. The van der Waals surface area contributed by atoms with Gasteiger partial charge >= 0.3 is 0 Å². The summed E-state index contributed by atoms with van der Waals surface area (Å²) in [5.74, 6) is 4.77. The Hall–Kier alpha value is -3.38. The van der Waals surface area contributed by atoms with Gasteiger partial charge in [-0.1, -0.05) is 24.3 Å². The van der Waals surface area contributed by atoms with Crippen LogP contribution in [0.5, 0.6) is 28.7 Å². The van der Waals surface area contributed by atoms with Gasteiger partial charge in [-0.3, -0.25) is 0 Å². The molecule has 6 nitrogen and oxygen atoms in total. The summed E-state index contributed by atoms with van der Waals surface area (Å²) in [4.78, 5) is 0. The summed E-state index contributed by atoms with van der Waals surface area (Å²) >= 11 is 0. The van der Waals surface area contributed by atoms with Crippen LogP contribution in [-0.4, -0.2) is 48.3 Å². The molecule has 0 aromatic heterocycles. The minimum absolute atomic E-state index is 0.435. The van der Waals surface area contributed by atoms with Gasteiger partial charge in [-0.05, 0) is 77.8 Å². The molecule has 0 N–H and O–H groups in total. The summed E-state index contributed by atoms with van der Waals surface area (Å²) in [6.07, 6.45) is 2.68. The Morgan fingerprint density at radius 3 is 1.69 bits per heavy atom. The highest BCUT2D eigenvalue weighted by molar-refractivity contribution is 5.44. The lowest BCUT2D eigenvalue weighted by Gasteiger charge is -2.19. The van der Waals surface area contributed by atoms with Gasteiger partial charge < -0.3 is 28.4 Å². The molecule has 1 aliphatic heterocycles. The first-order valence-electron chi connectivity index (χ1n) is 12.3. The number of hydrogen-bond acceptors (Lipinski definition) is 6. The predicted octanol–water partition coefficient (Wildman–Crippen LogP) is 5.39. The van der Waals surface area contributed by atoms with Gasteiger partial charge in [0.15, 0.2) is 23.0 Å². The van der Waals surface area contributed by atoms with Gasteiger partial charge in [0, 0.05) is 6.42 Å². The van der Waals surface area contributed by atoms with Crippen LogP contribution in [0.15, 0.2) is 60.7 Å². The Morgan fingerprint density at radius 2 is 1.14 bits per heavy atom. The lowest BCUT2D eigenvalue weighted by Crippen LogP contribution is -2.17. The minimum Gasteiger partial charge on any atom is -0.497 e. The molecule has 0 aliphatic carbocycles. The number of methoxy groups -OCH3 is 4. The van der Waals surface area contributed by atoms with Crippen molar-refractivity contribution in [3.8, 4) is 28.7 Å².